The van der Waals surface area contributed by atoms with Crippen molar-refractivity contribution >= 4 is 17.5 Å². The van der Waals surface area contributed by atoms with Crippen molar-refractivity contribution in [1.82, 2.24) is 15.1 Å². The molecule has 1 unspecified atom stereocenters. The highest BCUT2D eigenvalue weighted by molar-refractivity contribution is 6.31. The number of ether oxygens (including phenoxy) is 1. The van der Waals surface area contributed by atoms with Crippen molar-refractivity contribution in [3.63, 3.8) is 0 Å². The standard InChI is InChI=1S/C25H32ClN3O2/c26-22-11-3-2-10-21(22)23(28-13-5-6-14-28)18-27-17-20-9-1-4-12-24(20)31-19-25(30)29-15-7-8-16-29/h1-4,9-12,23,27H,5-8,13-19H2. The zero-order valence-corrected chi connectivity index (χ0v) is 18.8. The first-order chi connectivity index (χ1) is 15.2. The Bertz CT molecular complexity index is 863. The van der Waals surface area contributed by atoms with E-state index >= 15 is 0 Å². The first kappa shape index (κ1) is 22.1. The maximum atomic E-state index is 12.3. The number of carbonyl (C=O) groups is 1. The van der Waals surface area contributed by atoms with Crippen molar-refractivity contribution in [1.29, 1.82) is 0 Å². The minimum absolute atomic E-state index is 0.0769. The number of amides is 1. The van der Waals surface area contributed by atoms with E-state index in [9.17, 15) is 4.79 Å². The molecule has 31 heavy (non-hydrogen) atoms. The van der Waals surface area contributed by atoms with Crippen LogP contribution in [0.4, 0.5) is 0 Å². The molecular weight excluding hydrogens is 410 g/mol. The molecule has 0 aromatic heterocycles. The summed E-state index contributed by atoms with van der Waals surface area (Å²) in [7, 11) is 0. The summed E-state index contributed by atoms with van der Waals surface area (Å²) in [6.45, 7) is 5.52. The number of hydrogen-bond acceptors (Lipinski definition) is 4. The average Bonchev–Trinajstić information content (AvgIpc) is 3.51. The van der Waals surface area contributed by atoms with Crippen LogP contribution in [-0.4, -0.2) is 55.0 Å². The molecule has 1 atom stereocenters. The lowest BCUT2D eigenvalue weighted by molar-refractivity contribution is -0.132. The van der Waals surface area contributed by atoms with E-state index in [-0.39, 0.29) is 18.6 Å². The molecule has 0 radical (unpaired) electrons. The molecule has 2 aromatic rings. The number of para-hydroxylation sites is 1. The molecule has 2 aliphatic heterocycles. The normalized spacial score (nSPS) is 17.8. The van der Waals surface area contributed by atoms with E-state index in [2.05, 4.69) is 28.4 Å². The van der Waals surface area contributed by atoms with Crippen molar-refractivity contribution in [2.45, 2.75) is 38.3 Å². The highest BCUT2D eigenvalue weighted by atomic mass is 35.5. The van der Waals surface area contributed by atoms with Gasteiger partial charge in [-0.25, -0.2) is 0 Å². The van der Waals surface area contributed by atoms with E-state index in [0.29, 0.717) is 6.54 Å². The number of benzene rings is 2. The van der Waals surface area contributed by atoms with Gasteiger partial charge in [-0.2, -0.15) is 0 Å². The third-order valence-corrected chi connectivity index (χ3v) is 6.63. The Morgan fingerprint density at radius 3 is 2.42 bits per heavy atom. The Morgan fingerprint density at radius 1 is 0.968 bits per heavy atom. The zero-order chi connectivity index (χ0) is 21.5. The molecule has 2 aliphatic rings. The summed E-state index contributed by atoms with van der Waals surface area (Å²) in [6, 6.07) is 16.4. The Balaban J connectivity index is 1.36. The van der Waals surface area contributed by atoms with Crippen LogP contribution in [-0.2, 0) is 11.3 Å². The van der Waals surface area contributed by atoms with Gasteiger partial charge in [-0.15, -0.1) is 0 Å². The molecule has 2 fully saturated rings. The number of likely N-dealkylation sites (tertiary alicyclic amines) is 2. The SMILES string of the molecule is O=C(COc1ccccc1CNCC(c1ccccc1Cl)N1CCCC1)N1CCCC1. The maximum absolute atomic E-state index is 12.3. The average molecular weight is 442 g/mol. The zero-order valence-electron chi connectivity index (χ0n) is 18.1. The molecular formula is C25H32ClN3O2. The molecule has 0 bridgehead atoms. The van der Waals surface area contributed by atoms with Gasteiger partial charge < -0.3 is 15.0 Å². The molecule has 4 rings (SSSR count). The molecule has 166 valence electrons. The first-order valence-electron chi connectivity index (χ1n) is 11.4. The van der Waals surface area contributed by atoms with E-state index in [1.165, 1.54) is 18.4 Å². The van der Waals surface area contributed by atoms with Crippen LogP contribution in [0.3, 0.4) is 0 Å². The van der Waals surface area contributed by atoms with Crippen LogP contribution >= 0.6 is 11.6 Å². The number of nitrogens with one attached hydrogen (secondary N) is 1. The number of hydrogen-bond donors (Lipinski definition) is 1. The summed E-state index contributed by atoms with van der Waals surface area (Å²) in [6.07, 6.45) is 4.66. The molecule has 1 N–H and O–H groups in total. The second-order valence-corrected chi connectivity index (χ2v) is 8.80. The fourth-order valence-corrected chi connectivity index (χ4v) is 4.83. The van der Waals surface area contributed by atoms with Crippen LogP contribution in [0.15, 0.2) is 48.5 Å². The fourth-order valence-electron chi connectivity index (χ4n) is 4.57. The van der Waals surface area contributed by atoms with Gasteiger partial charge in [0.2, 0.25) is 0 Å². The van der Waals surface area contributed by atoms with Crippen molar-refractivity contribution in [3.8, 4) is 5.75 Å². The fraction of sp³-hybridized carbons (Fsp3) is 0.480. The smallest absolute Gasteiger partial charge is 0.260 e. The minimum Gasteiger partial charge on any atom is -0.483 e. The molecule has 5 nitrogen and oxygen atoms in total. The van der Waals surface area contributed by atoms with E-state index in [1.807, 2.05) is 35.2 Å². The third-order valence-electron chi connectivity index (χ3n) is 6.28. The molecule has 0 spiro atoms. The lowest BCUT2D eigenvalue weighted by Gasteiger charge is -2.29. The van der Waals surface area contributed by atoms with E-state index < -0.39 is 0 Å². The van der Waals surface area contributed by atoms with Gasteiger partial charge in [0, 0.05) is 42.8 Å². The van der Waals surface area contributed by atoms with Gasteiger partial charge in [-0.3, -0.25) is 9.69 Å². The Morgan fingerprint density at radius 2 is 1.65 bits per heavy atom. The van der Waals surface area contributed by atoms with Gasteiger partial charge in [0.1, 0.15) is 5.75 Å². The van der Waals surface area contributed by atoms with Crippen molar-refractivity contribution < 1.29 is 9.53 Å². The van der Waals surface area contributed by atoms with Gasteiger partial charge >= 0.3 is 0 Å². The van der Waals surface area contributed by atoms with Gasteiger partial charge in [0.05, 0.1) is 0 Å². The lowest BCUT2D eigenvalue weighted by atomic mass is 10.1. The first-order valence-corrected chi connectivity index (χ1v) is 11.8. The minimum atomic E-state index is 0.0769. The van der Waals surface area contributed by atoms with Crippen LogP contribution in [0.5, 0.6) is 5.75 Å². The Hall–Kier alpha value is -2.08. The molecule has 2 heterocycles. The Labute approximate surface area is 190 Å². The van der Waals surface area contributed by atoms with Crippen LogP contribution in [0.25, 0.3) is 0 Å². The summed E-state index contributed by atoms with van der Waals surface area (Å²) in [5, 5.41) is 4.44. The van der Waals surface area contributed by atoms with E-state index in [4.69, 9.17) is 16.3 Å². The second-order valence-electron chi connectivity index (χ2n) is 8.40. The van der Waals surface area contributed by atoms with Crippen LogP contribution < -0.4 is 10.1 Å². The molecule has 1 amide bonds. The summed E-state index contributed by atoms with van der Waals surface area (Å²) in [4.78, 5) is 16.7. The van der Waals surface area contributed by atoms with Crippen LogP contribution in [0.1, 0.15) is 42.9 Å². The van der Waals surface area contributed by atoms with Crippen molar-refractivity contribution in [2.75, 3.05) is 39.3 Å². The summed E-state index contributed by atoms with van der Waals surface area (Å²) in [5.74, 6) is 0.853. The largest absolute Gasteiger partial charge is 0.483 e. The molecule has 0 saturated carbocycles. The predicted octanol–water partition coefficient (Wildman–Crippen LogP) is 4.27. The van der Waals surface area contributed by atoms with Gasteiger partial charge in [0.15, 0.2) is 6.61 Å². The topological polar surface area (TPSA) is 44.8 Å². The summed E-state index contributed by atoms with van der Waals surface area (Å²) in [5.41, 5.74) is 2.25. The van der Waals surface area contributed by atoms with Gasteiger partial charge in [0.25, 0.3) is 5.91 Å². The maximum Gasteiger partial charge on any atom is 0.260 e. The van der Waals surface area contributed by atoms with Gasteiger partial charge in [-0.1, -0.05) is 48.0 Å². The second kappa shape index (κ2) is 11.0. The van der Waals surface area contributed by atoms with Crippen LogP contribution in [0.2, 0.25) is 5.02 Å². The van der Waals surface area contributed by atoms with Crippen molar-refractivity contribution in [2.24, 2.45) is 0 Å². The molecule has 2 aromatic carbocycles. The van der Waals surface area contributed by atoms with E-state index in [0.717, 1.165) is 61.9 Å². The highest BCUT2D eigenvalue weighted by Crippen LogP contribution is 2.30. The van der Waals surface area contributed by atoms with Crippen LogP contribution in [0, 0.1) is 0 Å². The number of carbonyl (C=O) groups excluding carboxylic acids is 1. The monoisotopic (exact) mass is 441 g/mol. The third kappa shape index (κ3) is 5.79. The molecule has 6 heteroatoms. The summed E-state index contributed by atoms with van der Waals surface area (Å²) >= 11 is 6.53. The number of halogens is 1. The number of rotatable bonds is 9. The Kier molecular flexibility index (Phi) is 7.84. The lowest BCUT2D eigenvalue weighted by Crippen LogP contribution is -2.34. The summed E-state index contributed by atoms with van der Waals surface area (Å²) < 4.78 is 5.91. The number of nitrogens with zero attached hydrogens (tertiary/aromatic N) is 2. The molecule has 2 saturated heterocycles. The van der Waals surface area contributed by atoms with E-state index in [1.54, 1.807) is 0 Å². The predicted molar refractivity (Wildman–Crippen MR) is 124 cm³/mol. The quantitative estimate of drug-likeness (QED) is 0.631. The van der Waals surface area contributed by atoms with Crippen molar-refractivity contribution in [3.05, 3.63) is 64.7 Å². The molecule has 0 aliphatic carbocycles. The highest BCUT2D eigenvalue weighted by Gasteiger charge is 2.25. The van der Waals surface area contributed by atoms with Gasteiger partial charge in [-0.05, 0) is 56.5 Å².